The molecule has 5 nitrogen and oxygen atoms in total. The van der Waals surface area contributed by atoms with E-state index >= 15 is 0 Å². The van der Waals surface area contributed by atoms with Crippen LogP contribution in [-0.2, 0) is 25.4 Å². The third kappa shape index (κ3) is 5.14. The van der Waals surface area contributed by atoms with Gasteiger partial charge in [0, 0.05) is 17.2 Å². The van der Waals surface area contributed by atoms with Crippen molar-refractivity contribution in [3.8, 4) is 5.75 Å². The lowest BCUT2D eigenvalue weighted by molar-refractivity contribution is -0.0334. The number of benzene rings is 2. The lowest BCUT2D eigenvalue weighted by atomic mass is 9.81. The highest BCUT2D eigenvalue weighted by molar-refractivity contribution is 6.53. The van der Waals surface area contributed by atoms with Gasteiger partial charge in [-0.15, -0.1) is 0 Å². The highest BCUT2D eigenvalue weighted by Gasteiger charge is 2.50. The van der Waals surface area contributed by atoms with E-state index in [-0.39, 0.29) is 12.4 Å². The van der Waals surface area contributed by atoms with Gasteiger partial charge in [0.05, 0.1) is 37.6 Å². The molecule has 0 radical (unpaired) electrons. The Bertz CT molecular complexity index is 1010. The molecule has 3 aliphatic rings. The first-order valence-corrected chi connectivity index (χ1v) is 11.1. The third-order valence-corrected chi connectivity index (χ3v) is 6.33. The fraction of sp³-hybridized carbons (Fsp3) is 0.440. The van der Waals surface area contributed by atoms with Gasteiger partial charge in [-0.2, -0.15) is 0 Å². The van der Waals surface area contributed by atoms with E-state index in [1.165, 1.54) is 18.2 Å². The molecule has 33 heavy (non-hydrogen) atoms. The molecule has 0 amide bonds. The van der Waals surface area contributed by atoms with Crippen molar-refractivity contribution >= 4 is 12.7 Å². The minimum absolute atomic E-state index is 0.0270. The van der Waals surface area contributed by atoms with Crippen LogP contribution < -0.4 is 4.74 Å². The van der Waals surface area contributed by atoms with Crippen LogP contribution in [0.5, 0.6) is 5.75 Å². The van der Waals surface area contributed by atoms with Crippen molar-refractivity contribution in [2.24, 2.45) is 0 Å². The molecule has 2 aromatic rings. The van der Waals surface area contributed by atoms with Crippen LogP contribution in [0.2, 0.25) is 0 Å². The molecular formula is C25H29BF2O5. The molecular weight excluding hydrogens is 429 g/mol. The Labute approximate surface area is 193 Å². The van der Waals surface area contributed by atoms with E-state index in [0.717, 1.165) is 26.4 Å². The van der Waals surface area contributed by atoms with Crippen molar-refractivity contribution in [1.82, 2.24) is 0 Å². The molecule has 2 fully saturated rings. The summed E-state index contributed by atoms with van der Waals surface area (Å²) < 4.78 is 56.0. The summed E-state index contributed by atoms with van der Waals surface area (Å²) in [7, 11) is -0.614. The molecule has 2 aromatic carbocycles. The Morgan fingerprint density at radius 1 is 0.848 bits per heavy atom. The molecule has 3 heterocycles. The highest BCUT2D eigenvalue weighted by Crippen LogP contribution is 2.41. The Balaban J connectivity index is 0.000000376. The second-order valence-electron chi connectivity index (χ2n) is 9.12. The Morgan fingerprint density at radius 2 is 1.48 bits per heavy atom. The van der Waals surface area contributed by atoms with Crippen LogP contribution in [0.1, 0.15) is 44.4 Å². The summed E-state index contributed by atoms with van der Waals surface area (Å²) >= 11 is 0. The topological polar surface area (TPSA) is 46.2 Å². The summed E-state index contributed by atoms with van der Waals surface area (Å²) in [5, 5.41) is 0. The van der Waals surface area contributed by atoms with Crippen molar-refractivity contribution in [2.45, 2.75) is 45.5 Å². The molecule has 0 atom stereocenters. The van der Waals surface area contributed by atoms with Crippen molar-refractivity contribution in [3.63, 3.8) is 0 Å². The Morgan fingerprint density at radius 3 is 2.09 bits per heavy atom. The Hall–Kier alpha value is -2.26. The molecule has 0 saturated carbocycles. The molecule has 0 N–H and O–H groups in total. The number of ether oxygens (including phenoxy) is 3. The van der Waals surface area contributed by atoms with Crippen LogP contribution in [-0.4, -0.2) is 44.7 Å². The van der Waals surface area contributed by atoms with Crippen molar-refractivity contribution in [2.75, 3.05) is 26.4 Å². The molecule has 0 unspecified atom stereocenters. The lowest BCUT2D eigenvalue weighted by Gasteiger charge is -2.32. The van der Waals surface area contributed by atoms with Gasteiger partial charge in [-0.05, 0) is 63.0 Å². The summed E-state index contributed by atoms with van der Waals surface area (Å²) in [6, 6.07) is 9.20. The predicted octanol–water partition coefficient (Wildman–Crippen LogP) is 4.95. The largest absolute Gasteiger partial charge is 0.488 e. The van der Waals surface area contributed by atoms with Crippen LogP contribution in [0.4, 0.5) is 8.78 Å². The quantitative estimate of drug-likeness (QED) is 0.566. The highest BCUT2D eigenvalue weighted by atomic mass is 19.1. The number of hydrogen-bond acceptors (Lipinski definition) is 5. The molecule has 0 spiro atoms. The molecule has 176 valence electrons. The molecule has 2 saturated heterocycles. The summed E-state index contributed by atoms with van der Waals surface area (Å²) in [5.41, 5.74) is 1.51. The summed E-state index contributed by atoms with van der Waals surface area (Å²) in [6.07, 6.45) is 0. The first kappa shape index (κ1) is 23.9. The van der Waals surface area contributed by atoms with Crippen molar-refractivity contribution < 1.29 is 32.3 Å². The van der Waals surface area contributed by atoms with Crippen LogP contribution in [0.3, 0.4) is 0 Å². The molecule has 5 rings (SSSR count). The monoisotopic (exact) mass is 458 g/mol. The van der Waals surface area contributed by atoms with E-state index in [1.807, 2.05) is 39.7 Å². The number of hydrogen-bond donors (Lipinski definition) is 0. The normalized spacial score (nSPS) is 21.9. The van der Waals surface area contributed by atoms with Gasteiger partial charge in [0.1, 0.15) is 24.0 Å². The van der Waals surface area contributed by atoms with Crippen LogP contribution in [0.15, 0.2) is 42.4 Å². The van der Waals surface area contributed by atoms with E-state index in [2.05, 4.69) is 0 Å². The summed E-state index contributed by atoms with van der Waals surface area (Å²) in [4.78, 5) is 0. The molecule has 0 aromatic heterocycles. The van der Waals surface area contributed by atoms with E-state index < -0.39 is 24.1 Å². The number of halogens is 2. The second-order valence-corrected chi connectivity index (χ2v) is 9.12. The maximum atomic E-state index is 14.4. The summed E-state index contributed by atoms with van der Waals surface area (Å²) in [5.74, 6) is 1.42. The fourth-order valence-electron chi connectivity index (χ4n) is 3.80. The van der Waals surface area contributed by atoms with E-state index in [0.29, 0.717) is 28.0 Å². The second kappa shape index (κ2) is 9.54. The van der Waals surface area contributed by atoms with Crippen LogP contribution >= 0.6 is 0 Å². The van der Waals surface area contributed by atoms with E-state index in [9.17, 15) is 8.78 Å². The van der Waals surface area contributed by atoms with Gasteiger partial charge in [-0.1, -0.05) is 12.1 Å². The molecule has 0 bridgehead atoms. The van der Waals surface area contributed by atoms with Gasteiger partial charge in [-0.3, -0.25) is 0 Å². The first-order chi connectivity index (χ1) is 15.7. The average Bonchev–Trinajstić information content (AvgIpc) is 2.89. The zero-order valence-corrected chi connectivity index (χ0v) is 19.5. The molecule has 8 heteroatoms. The number of fused-ring (bicyclic) bond motifs is 2. The van der Waals surface area contributed by atoms with Gasteiger partial charge in [0.2, 0.25) is 0 Å². The summed E-state index contributed by atoms with van der Waals surface area (Å²) in [6.45, 7) is 11.0. The maximum Gasteiger partial charge on any atom is 0.487 e. The van der Waals surface area contributed by atoms with Gasteiger partial charge in [-0.25, -0.2) is 8.78 Å². The third-order valence-electron chi connectivity index (χ3n) is 6.33. The zero-order chi connectivity index (χ0) is 23.6. The minimum Gasteiger partial charge on any atom is -0.488 e. The van der Waals surface area contributed by atoms with Gasteiger partial charge < -0.3 is 23.5 Å². The predicted molar refractivity (Wildman–Crippen MR) is 122 cm³/mol. The van der Waals surface area contributed by atoms with Gasteiger partial charge in [0.15, 0.2) is 0 Å². The Kier molecular flexibility index (Phi) is 6.91. The van der Waals surface area contributed by atoms with Gasteiger partial charge >= 0.3 is 7.12 Å². The standard InChI is InChI=1S/C21H21BF2O3.C4H8O2/c1-20(2)21(3,4)27-22(26-20)11-16-14-6-5-7-18(24)17(14)12-25-19-10-13(23)8-9-15(16)19;1-2-6-4-3-5-1/h5-11H,12H2,1-4H3;1-4H2/b16-11+;. The SMILES string of the molecule is C1COCCO1.CC1(C)OB(/C=C2/c3ccc(F)cc3OCc3c(F)cccc32)OC1(C)C. The maximum absolute atomic E-state index is 14.4. The van der Waals surface area contributed by atoms with E-state index in [4.69, 9.17) is 23.5 Å². The van der Waals surface area contributed by atoms with Crippen LogP contribution in [0.25, 0.3) is 5.57 Å². The number of rotatable bonds is 1. The van der Waals surface area contributed by atoms with Crippen molar-refractivity contribution in [3.05, 3.63) is 70.7 Å². The van der Waals surface area contributed by atoms with Crippen molar-refractivity contribution in [1.29, 1.82) is 0 Å². The van der Waals surface area contributed by atoms with Gasteiger partial charge in [0.25, 0.3) is 0 Å². The fourth-order valence-corrected chi connectivity index (χ4v) is 3.80. The van der Waals surface area contributed by atoms with Crippen LogP contribution in [0, 0.1) is 11.6 Å². The minimum atomic E-state index is -0.614. The smallest absolute Gasteiger partial charge is 0.487 e. The average molecular weight is 458 g/mol. The molecule has 0 aliphatic carbocycles. The van der Waals surface area contributed by atoms with E-state index in [1.54, 1.807) is 12.1 Å². The first-order valence-electron chi connectivity index (χ1n) is 11.1. The zero-order valence-electron chi connectivity index (χ0n) is 19.5. The molecule has 3 aliphatic heterocycles. The lowest BCUT2D eigenvalue weighted by Crippen LogP contribution is -2.41.